The zero-order chi connectivity index (χ0) is 16.6. The number of benzene rings is 1. The van der Waals surface area contributed by atoms with Gasteiger partial charge in [-0.15, -0.1) is 0 Å². The van der Waals surface area contributed by atoms with Crippen molar-refractivity contribution in [1.82, 2.24) is 9.88 Å². The smallest absolute Gasteiger partial charge is 0.119 e. The Balaban J connectivity index is 1.41. The predicted octanol–water partition coefficient (Wildman–Crippen LogP) is 2.68. The van der Waals surface area contributed by atoms with Crippen LogP contribution in [0, 0.1) is 0 Å². The van der Waals surface area contributed by atoms with Gasteiger partial charge >= 0.3 is 0 Å². The van der Waals surface area contributed by atoms with Crippen LogP contribution in [0.4, 0.5) is 0 Å². The molecule has 2 aliphatic rings. The molecule has 130 valence electrons. The first-order valence-electron chi connectivity index (χ1n) is 8.89. The Hall–Kier alpha value is -1.56. The van der Waals surface area contributed by atoms with E-state index in [1.165, 1.54) is 11.1 Å². The molecule has 0 amide bonds. The molecule has 2 aromatic rings. The van der Waals surface area contributed by atoms with Crippen molar-refractivity contribution in [3.8, 4) is 5.75 Å². The minimum absolute atomic E-state index is 0.289. The number of nitrogens with one attached hydrogen (secondary N) is 1. The number of nitrogens with zero attached hydrogens (tertiary/aromatic N) is 1. The number of methoxy groups -OCH3 is 1. The summed E-state index contributed by atoms with van der Waals surface area (Å²) in [6.45, 7) is 3.63. The number of hydrogen-bond acceptors (Lipinski definition) is 4. The number of aromatic nitrogens is 1. The van der Waals surface area contributed by atoms with Crippen LogP contribution in [0.2, 0.25) is 0 Å². The molecule has 0 aliphatic carbocycles. The van der Waals surface area contributed by atoms with Crippen LogP contribution >= 0.6 is 0 Å². The molecule has 0 saturated carbocycles. The van der Waals surface area contributed by atoms with E-state index in [0.29, 0.717) is 0 Å². The average Bonchev–Trinajstić information content (AvgIpc) is 3.01. The van der Waals surface area contributed by atoms with Crippen LogP contribution in [0.15, 0.2) is 24.3 Å². The summed E-state index contributed by atoms with van der Waals surface area (Å²) in [7, 11) is 1.69. The van der Waals surface area contributed by atoms with Crippen LogP contribution in [-0.2, 0) is 11.3 Å². The van der Waals surface area contributed by atoms with Crippen molar-refractivity contribution >= 4 is 10.9 Å². The van der Waals surface area contributed by atoms with E-state index in [4.69, 9.17) is 9.47 Å². The number of rotatable bonds is 3. The van der Waals surface area contributed by atoms with Crippen LogP contribution in [0.25, 0.3) is 10.9 Å². The Morgan fingerprint density at radius 3 is 2.92 bits per heavy atom. The standard InChI is InChI=1S/C19H26N2O3/c1-23-16-4-5-17-14(12-16)11-15(20-17)13-21-8-6-19(7-9-21)18(22)3-2-10-24-19/h4-5,11-12,18,20,22H,2-3,6-10,13H2,1H3/t18-/m1/s1. The van der Waals surface area contributed by atoms with Crippen molar-refractivity contribution < 1.29 is 14.6 Å². The first-order chi connectivity index (χ1) is 11.7. The average molecular weight is 330 g/mol. The monoisotopic (exact) mass is 330 g/mol. The summed E-state index contributed by atoms with van der Waals surface area (Å²) in [4.78, 5) is 5.94. The van der Waals surface area contributed by atoms with E-state index in [-0.39, 0.29) is 11.7 Å². The molecular formula is C19H26N2O3. The number of likely N-dealkylation sites (tertiary alicyclic amines) is 1. The van der Waals surface area contributed by atoms with Crippen molar-refractivity contribution in [2.24, 2.45) is 0 Å². The maximum absolute atomic E-state index is 10.3. The van der Waals surface area contributed by atoms with E-state index >= 15 is 0 Å². The Kier molecular flexibility index (Phi) is 4.24. The normalized spacial score (nSPS) is 24.5. The molecule has 3 heterocycles. The minimum Gasteiger partial charge on any atom is -0.497 e. The van der Waals surface area contributed by atoms with Gasteiger partial charge in [-0.05, 0) is 49.9 Å². The predicted molar refractivity (Wildman–Crippen MR) is 93.3 cm³/mol. The number of H-pyrrole nitrogens is 1. The number of aliphatic hydroxyl groups excluding tert-OH is 1. The molecule has 0 unspecified atom stereocenters. The summed E-state index contributed by atoms with van der Waals surface area (Å²) < 4.78 is 11.3. The molecular weight excluding hydrogens is 304 g/mol. The van der Waals surface area contributed by atoms with Gasteiger partial charge in [0.15, 0.2) is 0 Å². The number of aliphatic hydroxyl groups is 1. The van der Waals surface area contributed by atoms with E-state index < -0.39 is 0 Å². The third-order valence-electron chi connectivity index (χ3n) is 5.60. The third kappa shape index (κ3) is 2.92. The topological polar surface area (TPSA) is 57.7 Å². The lowest BCUT2D eigenvalue weighted by Crippen LogP contribution is -2.55. The first-order valence-corrected chi connectivity index (χ1v) is 8.89. The highest BCUT2D eigenvalue weighted by Gasteiger charge is 2.43. The van der Waals surface area contributed by atoms with E-state index in [2.05, 4.69) is 28.1 Å². The molecule has 0 radical (unpaired) electrons. The van der Waals surface area contributed by atoms with Crippen molar-refractivity contribution in [1.29, 1.82) is 0 Å². The number of fused-ring (bicyclic) bond motifs is 1. The van der Waals surface area contributed by atoms with Crippen molar-refractivity contribution in [3.63, 3.8) is 0 Å². The van der Waals surface area contributed by atoms with Crippen molar-refractivity contribution in [2.75, 3.05) is 26.8 Å². The molecule has 1 aromatic carbocycles. The van der Waals surface area contributed by atoms with Gasteiger partial charge in [0, 0.05) is 42.8 Å². The molecule has 0 bridgehead atoms. The molecule has 4 rings (SSSR count). The molecule has 2 N–H and O–H groups in total. The summed E-state index contributed by atoms with van der Waals surface area (Å²) in [6.07, 6.45) is 3.40. The van der Waals surface area contributed by atoms with Crippen LogP contribution in [0.3, 0.4) is 0 Å². The lowest BCUT2D eigenvalue weighted by atomic mass is 9.82. The van der Waals surface area contributed by atoms with Crippen molar-refractivity contribution in [2.45, 2.75) is 43.9 Å². The van der Waals surface area contributed by atoms with Gasteiger partial charge in [0.05, 0.1) is 18.8 Å². The quantitative estimate of drug-likeness (QED) is 0.908. The zero-order valence-electron chi connectivity index (χ0n) is 14.3. The summed E-state index contributed by atoms with van der Waals surface area (Å²) in [5.74, 6) is 0.886. The van der Waals surface area contributed by atoms with E-state index in [9.17, 15) is 5.11 Å². The third-order valence-corrected chi connectivity index (χ3v) is 5.60. The van der Waals surface area contributed by atoms with Gasteiger partial charge < -0.3 is 19.6 Å². The Morgan fingerprint density at radius 2 is 2.17 bits per heavy atom. The van der Waals surface area contributed by atoms with Gasteiger partial charge in [-0.1, -0.05) is 0 Å². The van der Waals surface area contributed by atoms with Gasteiger partial charge in [0.1, 0.15) is 5.75 Å². The number of aromatic amines is 1. The fourth-order valence-electron chi connectivity index (χ4n) is 4.10. The van der Waals surface area contributed by atoms with E-state index in [1.807, 2.05) is 6.07 Å². The highest BCUT2D eigenvalue weighted by molar-refractivity contribution is 5.81. The summed E-state index contributed by atoms with van der Waals surface area (Å²) in [5.41, 5.74) is 2.08. The lowest BCUT2D eigenvalue weighted by molar-refractivity contribution is -0.177. The second kappa shape index (κ2) is 6.39. The highest BCUT2D eigenvalue weighted by Crippen LogP contribution is 2.35. The molecule has 1 atom stereocenters. The molecule has 2 saturated heterocycles. The molecule has 2 fully saturated rings. The molecule has 1 aromatic heterocycles. The van der Waals surface area contributed by atoms with Gasteiger partial charge in [-0.2, -0.15) is 0 Å². The number of ether oxygens (including phenoxy) is 2. The van der Waals surface area contributed by atoms with E-state index in [0.717, 1.165) is 63.2 Å². The Bertz CT molecular complexity index is 704. The number of hydrogen-bond donors (Lipinski definition) is 2. The summed E-state index contributed by atoms with van der Waals surface area (Å²) >= 11 is 0. The van der Waals surface area contributed by atoms with Gasteiger partial charge in [-0.25, -0.2) is 0 Å². The maximum Gasteiger partial charge on any atom is 0.119 e. The summed E-state index contributed by atoms with van der Waals surface area (Å²) in [5, 5.41) is 11.5. The van der Waals surface area contributed by atoms with Crippen LogP contribution in [-0.4, -0.2) is 53.5 Å². The van der Waals surface area contributed by atoms with Crippen LogP contribution in [0.1, 0.15) is 31.4 Å². The molecule has 1 spiro atoms. The fourth-order valence-corrected chi connectivity index (χ4v) is 4.10. The van der Waals surface area contributed by atoms with Gasteiger partial charge in [0.2, 0.25) is 0 Å². The molecule has 2 aliphatic heterocycles. The van der Waals surface area contributed by atoms with Crippen LogP contribution < -0.4 is 4.74 Å². The molecule has 5 nitrogen and oxygen atoms in total. The SMILES string of the molecule is COc1ccc2[nH]c(CN3CCC4(CC3)OCCC[C@H]4O)cc2c1. The fraction of sp³-hybridized carbons (Fsp3) is 0.579. The Labute approximate surface area is 142 Å². The van der Waals surface area contributed by atoms with Crippen molar-refractivity contribution in [3.05, 3.63) is 30.0 Å². The van der Waals surface area contributed by atoms with Crippen LogP contribution in [0.5, 0.6) is 5.75 Å². The lowest BCUT2D eigenvalue weighted by Gasteiger charge is -2.46. The Morgan fingerprint density at radius 1 is 1.33 bits per heavy atom. The van der Waals surface area contributed by atoms with Gasteiger partial charge in [0.25, 0.3) is 0 Å². The number of piperidine rings is 1. The summed E-state index contributed by atoms with van der Waals surface area (Å²) in [6, 6.07) is 8.31. The molecule has 5 heteroatoms. The van der Waals surface area contributed by atoms with E-state index in [1.54, 1.807) is 7.11 Å². The first kappa shape index (κ1) is 15.9. The maximum atomic E-state index is 10.3. The minimum atomic E-state index is -0.297. The largest absolute Gasteiger partial charge is 0.497 e. The zero-order valence-corrected chi connectivity index (χ0v) is 14.3. The highest BCUT2D eigenvalue weighted by atomic mass is 16.5. The molecule has 24 heavy (non-hydrogen) atoms. The van der Waals surface area contributed by atoms with Gasteiger partial charge in [-0.3, -0.25) is 4.90 Å². The second-order valence-corrected chi connectivity index (χ2v) is 7.10. The second-order valence-electron chi connectivity index (χ2n) is 7.10.